The lowest BCUT2D eigenvalue weighted by Crippen LogP contribution is -2.51. The van der Waals surface area contributed by atoms with E-state index in [4.69, 9.17) is 0 Å². The summed E-state index contributed by atoms with van der Waals surface area (Å²) >= 11 is 1.62. The van der Waals surface area contributed by atoms with Crippen molar-refractivity contribution in [2.45, 2.75) is 25.9 Å². The van der Waals surface area contributed by atoms with Crippen LogP contribution in [0.2, 0.25) is 0 Å². The topological polar surface area (TPSA) is 73.4 Å². The Morgan fingerprint density at radius 1 is 1.45 bits per heavy atom. The van der Waals surface area contributed by atoms with Gasteiger partial charge < -0.3 is 15.5 Å². The van der Waals surface area contributed by atoms with E-state index in [2.05, 4.69) is 32.7 Å². The number of aromatic nitrogens is 2. The third kappa shape index (κ3) is 2.85. The van der Waals surface area contributed by atoms with Crippen molar-refractivity contribution in [1.29, 1.82) is 0 Å². The predicted octanol–water partition coefficient (Wildman–Crippen LogP) is 0.569. The largest absolute Gasteiger partial charge is 0.360 e. The smallest absolute Gasteiger partial charge is 0.317 e. The number of amides is 2. The Bertz CT molecular complexity index is 478. The van der Waals surface area contributed by atoms with Crippen LogP contribution in [-0.2, 0) is 6.54 Å². The lowest BCUT2D eigenvalue weighted by molar-refractivity contribution is 0.116. The van der Waals surface area contributed by atoms with Crippen molar-refractivity contribution >= 4 is 22.5 Å². The number of fused-ring (bicyclic) bond motifs is 1. The molecule has 1 unspecified atom stereocenters. The zero-order valence-corrected chi connectivity index (χ0v) is 12.4. The van der Waals surface area contributed by atoms with Crippen molar-refractivity contribution in [2.24, 2.45) is 0 Å². The van der Waals surface area contributed by atoms with Gasteiger partial charge in [0.15, 0.2) is 0 Å². The third-order valence-corrected chi connectivity index (χ3v) is 4.53. The number of carbonyl (C=O) groups is 1. The molecular formula is C12H20N6OS. The normalized spacial score (nSPS) is 22.8. The Kier molecular flexibility index (Phi) is 4.02. The quantitative estimate of drug-likeness (QED) is 0.831. The van der Waals surface area contributed by atoms with E-state index in [0.29, 0.717) is 6.04 Å². The molecule has 0 spiro atoms. The number of carbonyl (C=O) groups excluding carboxylic acids is 1. The van der Waals surface area contributed by atoms with Crippen LogP contribution in [0.15, 0.2) is 0 Å². The number of nitrogens with one attached hydrogen (secondary N) is 2. The summed E-state index contributed by atoms with van der Waals surface area (Å²) in [6.45, 7) is 7.26. The van der Waals surface area contributed by atoms with E-state index in [9.17, 15) is 4.79 Å². The molecule has 2 N–H and O–H groups in total. The maximum absolute atomic E-state index is 11.5. The summed E-state index contributed by atoms with van der Waals surface area (Å²) in [6.07, 6.45) is 1.08. The van der Waals surface area contributed by atoms with E-state index in [-0.39, 0.29) is 6.03 Å². The molecular weight excluding hydrogens is 276 g/mol. The first kappa shape index (κ1) is 13.6. The standard InChI is InChI=1S/C12H20N6OS/c1-2-3-13-11-16-15-10(20-11)8-17-4-5-18-9(7-17)6-14-12(18)19/h9H,2-8H2,1H3,(H,13,16)(H,14,19). The lowest BCUT2D eigenvalue weighted by Gasteiger charge is -2.35. The summed E-state index contributed by atoms with van der Waals surface area (Å²) in [6, 6.07) is 0.387. The second-order valence-corrected chi connectivity index (χ2v) is 6.26. The van der Waals surface area contributed by atoms with Gasteiger partial charge in [-0.15, -0.1) is 10.2 Å². The minimum Gasteiger partial charge on any atom is -0.360 e. The lowest BCUT2D eigenvalue weighted by atomic mass is 10.2. The van der Waals surface area contributed by atoms with Gasteiger partial charge in [-0.1, -0.05) is 18.3 Å². The van der Waals surface area contributed by atoms with Gasteiger partial charge >= 0.3 is 6.03 Å². The highest BCUT2D eigenvalue weighted by molar-refractivity contribution is 7.15. The van der Waals surface area contributed by atoms with Gasteiger partial charge in [0.25, 0.3) is 0 Å². The molecule has 0 bridgehead atoms. The number of urea groups is 1. The molecule has 3 heterocycles. The Labute approximate surface area is 122 Å². The van der Waals surface area contributed by atoms with E-state index < -0.39 is 0 Å². The Morgan fingerprint density at radius 3 is 3.20 bits per heavy atom. The van der Waals surface area contributed by atoms with Crippen LogP contribution in [0.5, 0.6) is 0 Å². The molecule has 2 amide bonds. The predicted molar refractivity (Wildman–Crippen MR) is 77.9 cm³/mol. The number of hydrogen-bond donors (Lipinski definition) is 2. The van der Waals surface area contributed by atoms with Crippen molar-refractivity contribution in [1.82, 2.24) is 25.3 Å². The van der Waals surface area contributed by atoms with Crippen molar-refractivity contribution in [3.05, 3.63) is 5.01 Å². The number of anilines is 1. The molecule has 2 saturated heterocycles. The van der Waals surface area contributed by atoms with Crippen LogP contribution in [0.1, 0.15) is 18.4 Å². The molecule has 1 aromatic rings. The maximum atomic E-state index is 11.5. The average molecular weight is 296 g/mol. The third-order valence-electron chi connectivity index (χ3n) is 3.67. The zero-order valence-electron chi connectivity index (χ0n) is 11.6. The summed E-state index contributed by atoms with van der Waals surface area (Å²) in [4.78, 5) is 15.8. The maximum Gasteiger partial charge on any atom is 0.317 e. The van der Waals surface area contributed by atoms with Crippen molar-refractivity contribution < 1.29 is 4.79 Å². The van der Waals surface area contributed by atoms with Crippen LogP contribution in [0, 0.1) is 0 Å². The van der Waals surface area contributed by atoms with E-state index in [1.165, 1.54) is 0 Å². The highest BCUT2D eigenvalue weighted by atomic mass is 32.1. The van der Waals surface area contributed by atoms with Crippen LogP contribution in [0.3, 0.4) is 0 Å². The van der Waals surface area contributed by atoms with E-state index in [1.807, 2.05) is 4.90 Å². The number of rotatable bonds is 5. The summed E-state index contributed by atoms with van der Waals surface area (Å²) in [5.74, 6) is 0. The first-order valence-electron chi connectivity index (χ1n) is 7.09. The van der Waals surface area contributed by atoms with Crippen molar-refractivity contribution in [2.75, 3.05) is 38.0 Å². The Hall–Kier alpha value is -1.41. The van der Waals surface area contributed by atoms with Gasteiger partial charge in [-0.3, -0.25) is 4.90 Å². The van der Waals surface area contributed by atoms with Crippen LogP contribution in [0.4, 0.5) is 9.93 Å². The molecule has 20 heavy (non-hydrogen) atoms. The molecule has 8 heteroatoms. The van der Waals surface area contributed by atoms with E-state index in [1.54, 1.807) is 11.3 Å². The monoisotopic (exact) mass is 296 g/mol. The van der Waals surface area contributed by atoms with Crippen molar-refractivity contribution in [3.8, 4) is 0 Å². The highest BCUT2D eigenvalue weighted by Gasteiger charge is 2.35. The summed E-state index contributed by atoms with van der Waals surface area (Å²) < 4.78 is 0. The van der Waals surface area contributed by atoms with Gasteiger partial charge in [0.1, 0.15) is 5.01 Å². The average Bonchev–Trinajstić information content (AvgIpc) is 3.04. The molecule has 0 aromatic carbocycles. The first-order valence-corrected chi connectivity index (χ1v) is 7.91. The van der Waals surface area contributed by atoms with Gasteiger partial charge in [-0.05, 0) is 6.42 Å². The summed E-state index contributed by atoms with van der Waals surface area (Å²) in [5, 5.41) is 16.5. The van der Waals surface area contributed by atoms with Gasteiger partial charge in [0.2, 0.25) is 5.13 Å². The fraction of sp³-hybridized carbons (Fsp3) is 0.750. The fourth-order valence-electron chi connectivity index (χ4n) is 2.62. The van der Waals surface area contributed by atoms with E-state index >= 15 is 0 Å². The van der Waals surface area contributed by atoms with Gasteiger partial charge in [-0.2, -0.15) is 0 Å². The Balaban J connectivity index is 1.53. The first-order chi connectivity index (χ1) is 9.76. The summed E-state index contributed by atoms with van der Waals surface area (Å²) in [5.41, 5.74) is 0. The number of hydrogen-bond acceptors (Lipinski definition) is 6. The Morgan fingerprint density at radius 2 is 2.35 bits per heavy atom. The second-order valence-electron chi connectivity index (χ2n) is 5.20. The molecule has 2 aliphatic rings. The van der Waals surface area contributed by atoms with Crippen LogP contribution in [0.25, 0.3) is 0 Å². The van der Waals surface area contributed by atoms with E-state index in [0.717, 1.165) is 55.8 Å². The molecule has 1 atom stereocenters. The minimum absolute atomic E-state index is 0.0802. The molecule has 0 radical (unpaired) electrons. The number of nitrogens with zero attached hydrogens (tertiary/aromatic N) is 4. The molecule has 1 aromatic heterocycles. The number of piperazine rings is 1. The molecule has 110 valence electrons. The molecule has 7 nitrogen and oxygen atoms in total. The van der Waals surface area contributed by atoms with Gasteiger partial charge in [0, 0.05) is 32.7 Å². The van der Waals surface area contributed by atoms with Gasteiger partial charge in [0.05, 0.1) is 12.6 Å². The minimum atomic E-state index is 0.0802. The molecule has 0 aliphatic carbocycles. The second kappa shape index (κ2) is 5.92. The highest BCUT2D eigenvalue weighted by Crippen LogP contribution is 2.20. The zero-order chi connectivity index (χ0) is 13.9. The van der Waals surface area contributed by atoms with Crippen LogP contribution >= 0.6 is 11.3 Å². The fourth-order valence-corrected chi connectivity index (χ4v) is 3.43. The molecule has 3 rings (SSSR count). The summed E-state index contributed by atoms with van der Waals surface area (Å²) in [7, 11) is 0. The molecule has 2 aliphatic heterocycles. The molecule has 0 saturated carbocycles. The SMILES string of the molecule is CCCNc1nnc(CN2CCN3C(=O)NCC3C2)s1. The van der Waals surface area contributed by atoms with Crippen LogP contribution < -0.4 is 10.6 Å². The van der Waals surface area contributed by atoms with Crippen LogP contribution in [-0.4, -0.2) is 64.8 Å². The van der Waals surface area contributed by atoms with Crippen molar-refractivity contribution in [3.63, 3.8) is 0 Å². The molecule has 2 fully saturated rings. The van der Waals surface area contributed by atoms with Gasteiger partial charge in [-0.25, -0.2) is 4.79 Å².